The van der Waals surface area contributed by atoms with Crippen molar-refractivity contribution in [3.05, 3.63) is 71.9 Å². The molecule has 2 amide bonds. The van der Waals surface area contributed by atoms with Crippen molar-refractivity contribution in [1.82, 2.24) is 15.6 Å². The normalized spacial score (nSPS) is 13.1. The Labute approximate surface area is 177 Å². The molecule has 1 aromatic heterocycles. The molecule has 0 saturated heterocycles. The number of aromatic amines is 1. The summed E-state index contributed by atoms with van der Waals surface area (Å²) in [5, 5.41) is 6.78. The van der Waals surface area contributed by atoms with Crippen molar-refractivity contribution in [1.29, 1.82) is 0 Å². The van der Waals surface area contributed by atoms with E-state index in [4.69, 9.17) is 4.74 Å². The van der Waals surface area contributed by atoms with Gasteiger partial charge in [0.1, 0.15) is 6.04 Å². The molecule has 0 aliphatic carbocycles. The molecule has 0 bridgehead atoms. The zero-order valence-electron chi connectivity index (χ0n) is 17.6. The number of nitrogens with one attached hydrogen (secondary N) is 3. The Kier molecular flexibility index (Phi) is 7.12. The maximum Gasteiger partial charge on any atom is 0.407 e. The van der Waals surface area contributed by atoms with Gasteiger partial charge in [-0.25, -0.2) is 4.79 Å². The Hall–Kier alpha value is -3.28. The fourth-order valence-electron chi connectivity index (χ4n) is 3.29. The van der Waals surface area contributed by atoms with E-state index in [2.05, 4.69) is 15.6 Å². The highest BCUT2D eigenvalue weighted by molar-refractivity contribution is 5.88. The Morgan fingerprint density at radius 2 is 1.67 bits per heavy atom. The minimum atomic E-state index is -0.755. The predicted molar refractivity (Wildman–Crippen MR) is 118 cm³/mol. The number of ether oxygens (including phenoxy) is 1. The zero-order chi connectivity index (χ0) is 21.5. The van der Waals surface area contributed by atoms with Crippen LogP contribution < -0.4 is 10.6 Å². The number of amides is 2. The summed E-state index contributed by atoms with van der Waals surface area (Å²) >= 11 is 0. The van der Waals surface area contributed by atoms with Crippen molar-refractivity contribution in [2.75, 3.05) is 6.61 Å². The Balaban J connectivity index is 1.75. The average Bonchev–Trinajstić information content (AvgIpc) is 3.15. The molecular formula is C24H29N3O3. The summed E-state index contributed by atoms with van der Waals surface area (Å²) in [6.45, 7) is 6.15. The lowest BCUT2D eigenvalue weighted by Gasteiger charge is -2.22. The van der Waals surface area contributed by atoms with Crippen LogP contribution in [0.2, 0.25) is 0 Å². The van der Waals surface area contributed by atoms with Crippen molar-refractivity contribution in [2.24, 2.45) is 5.92 Å². The molecule has 0 aliphatic heterocycles. The molecule has 30 heavy (non-hydrogen) atoms. The van der Waals surface area contributed by atoms with Crippen molar-refractivity contribution in [3.8, 4) is 0 Å². The van der Waals surface area contributed by atoms with Gasteiger partial charge in [0.05, 0.1) is 12.6 Å². The smallest absolute Gasteiger partial charge is 0.407 e. The monoisotopic (exact) mass is 407 g/mol. The van der Waals surface area contributed by atoms with E-state index in [1.165, 1.54) is 0 Å². The van der Waals surface area contributed by atoms with Crippen molar-refractivity contribution < 1.29 is 14.3 Å². The molecule has 3 rings (SSSR count). The number of para-hydroxylation sites is 1. The maximum atomic E-state index is 13.1. The van der Waals surface area contributed by atoms with Gasteiger partial charge in [0, 0.05) is 23.5 Å². The first-order valence-electron chi connectivity index (χ1n) is 10.3. The summed E-state index contributed by atoms with van der Waals surface area (Å²) in [7, 11) is 0. The van der Waals surface area contributed by atoms with E-state index >= 15 is 0 Å². The summed E-state index contributed by atoms with van der Waals surface area (Å²) in [4.78, 5) is 28.6. The van der Waals surface area contributed by atoms with Crippen LogP contribution in [0.4, 0.5) is 4.79 Å². The summed E-state index contributed by atoms with van der Waals surface area (Å²) < 4.78 is 5.24. The lowest BCUT2D eigenvalue weighted by molar-refractivity contribution is -0.123. The van der Waals surface area contributed by atoms with Gasteiger partial charge in [-0.2, -0.15) is 0 Å². The van der Waals surface area contributed by atoms with Gasteiger partial charge in [-0.15, -0.1) is 0 Å². The van der Waals surface area contributed by atoms with E-state index in [1.54, 1.807) is 0 Å². The summed E-state index contributed by atoms with van der Waals surface area (Å²) in [5.41, 5.74) is 2.95. The number of carbonyl (C=O) groups excluding carboxylic acids is 2. The Morgan fingerprint density at radius 1 is 0.967 bits per heavy atom. The van der Waals surface area contributed by atoms with Gasteiger partial charge in [-0.05, 0) is 30.0 Å². The highest BCUT2D eigenvalue weighted by atomic mass is 16.5. The Morgan fingerprint density at radius 3 is 2.40 bits per heavy atom. The first kappa shape index (κ1) is 21.4. The maximum absolute atomic E-state index is 13.1. The van der Waals surface area contributed by atoms with Crippen LogP contribution in [-0.2, 0) is 16.0 Å². The topological polar surface area (TPSA) is 83.2 Å². The number of fused-ring (bicyclic) bond motifs is 1. The van der Waals surface area contributed by atoms with Gasteiger partial charge >= 0.3 is 6.09 Å². The average molecular weight is 408 g/mol. The quantitative estimate of drug-likeness (QED) is 0.519. The highest BCUT2D eigenvalue weighted by Crippen LogP contribution is 2.20. The third-order valence-corrected chi connectivity index (χ3v) is 4.91. The first-order valence-corrected chi connectivity index (χ1v) is 10.3. The fourth-order valence-corrected chi connectivity index (χ4v) is 3.29. The van der Waals surface area contributed by atoms with Crippen molar-refractivity contribution >= 4 is 22.9 Å². The molecule has 0 aliphatic rings. The summed E-state index contributed by atoms with van der Waals surface area (Å²) in [6, 6.07) is 16.7. The van der Waals surface area contributed by atoms with Gasteiger partial charge in [0.25, 0.3) is 0 Å². The van der Waals surface area contributed by atoms with Gasteiger partial charge in [-0.3, -0.25) is 4.79 Å². The molecule has 3 N–H and O–H groups in total. The lowest BCUT2D eigenvalue weighted by Crippen LogP contribution is -2.48. The van der Waals surface area contributed by atoms with Crippen LogP contribution in [0.25, 0.3) is 10.9 Å². The molecule has 0 fully saturated rings. The number of alkyl carbamates (subject to hydrolysis) is 1. The van der Waals surface area contributed by atoms with Crippen LogP contribution in [0, 0.1) is 5.92 Å². The molecule has 6 heteroatoms. The third-order valence-electron chi connectivity index (χ3n) is 4.91. The van der Waals surface area contributed by atoms with E-state index in [9.17, 15) is 9.59 Å². The molecule has 2 atom stereocenters. The minimum Gasteiger partial charge on any atom is -0.449 e. The number of carbonyl (C=O) groups is 2. The minimum absolute atomic E-state index is 0.183. The molecule has 158 valence electrons. The van der Waals surface area contributed by atoms with E-state index in [1.807, 2.05) is 81.6 Å². The van der Waals surface area contributed by atoms with Gasteiger partial charge in [-0.1, -0.05) is 62.4 Å². The highest BCUT2D eigenvalue weighted by Gasteiger charge is 2.25. The fraction of sp³-hybridized carbons (Fsp3) is 0.333. The van der Waals surface area contributed by atoms with Crippen LogP contribution in [0.15, 0.2) is 60.8 Å². The second-order valence-electron chi connectivity index (χ2n) is 7.89. The van der Waals surface area contributed by atoms with Crippen molar-refractivity contribution in [2.45, 2.75) is 39.3 Å². The lowest BCUT2D eigenvalue weighted by atomic mass is 10.0. The second-order valence-corrected chi connectivity index (χ2v) is 7.89. The predicted octanol–water partition coefficient (Wildman–Crippen LogP) is 4.34. The molecule has 0 saturated carbocycles. The van der Waals surface area contributed by atoms with Crippen LogP contribution in [0.1, 0.15) is 37.9 Å². The molecule has 0 unspecified atom stereocenters. The molecule has 1 heterocycles. The van der Waals surface area contributed by atoms with E-state index < -0.39 is 12.1 Å². The van der Waals surface area contributed by atoms with Crippen LogP contribution in [0.3, 0.4) is 0 Å². The van der Waals surface area contributed by atoms with Crippen LogP contribution in [-0.4, -0.2) is 29.6 Å². The molecule has 6 nitrogen and oxygen atoms in total. The van der Waals surface area contributed by atoms with Crippen LogP contribution >= 0.6 is 0 Å². The molecule has 0 radical (unpaired) electrons. The number of aromatic nitrogens is 1. The zero-order valence-corrected chi connectivity index (χ0v) is 17.6. The van der Waals surface area contributed by atoms with E-state index in [0.717, 1.165) is 22.0 Å². The number of hydrogen-bond donors (Lipinski definition) is 3. The van der Waals surface area contributed by atoms with Gasteiger partial charge in [0.15, 0.2) is 0 Å². The molecule has 0 spiro atoms. The Bertz CT molecular complexity index is 982. The van der Waals surface area contributed by atoms with Gasteiger partial charge in [0.2, 0.25) is 5.91 Å². The third kappa shape index (κ3) is 5.63. The summed E-state index contributed by atoms with van der Waals surface area (Å²) in [5.74, 6) is -0.0344. The van der Waals surface area contributed by atoms with Crippen LogP contribution in [0.5, 0.6) is 0 Å². The largest absolute Gasteiger partial charge is 0.449 e. The second kappa shape index (κ2) is 9.96. The first-order chi connectivity index (χ1) is 14.4. The summed E-state index contributed by atoms with van der Waals surface area (Å²) in [6.07, 6.45) is 1.65. The standard InChI is InChI=1S/C24H29N3O3/c1-16(2)15-30-24(29)27-22(13-19-14-25-21-12-8-7-11-20(19)21)23(28)26-17(3)18-9-5-4-6-10-18/h4-12,14,16-17,22,25H,13,15H2,1-3H3,(H,26,28)(H,27,29)/t17-,22-/m0/s1. The molecule has 3 aromatic rings. The van der Waals surface area contributed by atoms with E-state index in [-0.39, 0.29) is 17.9 Å². The molecule has 2 aromatic carbocycles. The number of benzene rings is 2. The van der Waals surface area contributed by atoms with E-state index in [0.29, 0.717) is 13.0 Å². The number of hydrogen-bond acceptors (Lipinski definition) is 3. The van der Waals surface area contributed by atoms with Crippen molar-refractivity contribution in [3.63, 3.8) is 0 Å². The SMILES string of the molecule is CC(C)COC(=O)N[C@@H](Cc1c[nH]c2ccccc12)C(=O)N[C@@H](C)c1ccccc1. The van der Waals surface area contributed by atoms with Gasteiger partial charge < -0.3 is 20.4 Å². The molecular weight excluding hydrogens is 378 g/mol. The number of H-pyrrole nitrogens is 1. The number of rotatable bonds is 8.